The van der Waals surface area contributed by atoms with Crippen molar-refractivity contribution in [2.75, 3.05) is 0 Å². The molecule has 0 saturated carbocycles. The van der Waals surface area contributed by atoms with Gasteiger partial charge in [-0.3, -0.25) is 0 Å². The number of furan rings is 1. The Balaban J connectivity index is 0.899. The van der Waals surface area contributed by atoms with Crippen molar-refractivity contribution in [3.05, 3.63) is 182 Å². The summed E-state index contributed by atoms with van der Waals surface area (Å²) in [6.45, 7) is 0. The van der Waals surface area contributed by atoms with E-state index in [2.05, 4.69) is 102 Å². The van der Waals surface area contributed by atoms with E-state index in [1.807, 2.05) is 96.3 Å². The van der Waals surface area contributed by atoms with Gasteiger partial charge in [-0.1, -0.05) is 133 Å². The summed E-state index contributed by atoms with van der Waals surface area (Å²) in [6, 6.07) is 62.5. The van der Waals surface area contributed by atoms with E-state index in [-0.39, 0.29) is 0 Å². The van der Waals surface area contributed by atoms with Crippen molar-refractivity contribution in [2.45, 2.75) is 0 Å². The van der Waals surface area contributed by atoms with Crippen LogP contribution in [0.25, 0.3) is 121 Å². The third-order valence-electron chi connectivity index (χ3n) is 11.0. The summed E-state index contributed by atoms with van der Waals surface area (Å²) in [4.78, 5) is 19.8. The molecular weight excluding hydrogens is 745 g/mol. The van der Waals surface area contributed by atoms with Crippen molar-refractivity contribution in [1.82, 2.24) is 19.9 Å². The van der Waals surface area contributed by atoms with E-state index in [4.69, 9.17) is 23.8 Å². The summed E-state index contributed by atoms with van der Waals surface area (Å²) >= 11 is 1.83. The summed E-state index contributed by atoms with van der Waals surface area (Å²) in [5.41, 5.74) is 11.5. The minimum atomic E-state index is 0.566. The van der Waals surface area contributed by atoms with Gasteiger partial charge in [0.15, 0.2) is 23.1 Å². The van der Waals surface area contributed by atoms with E-state index in [0.717, 1.165) is 66.4 Å². The molecular formula is C52H30N4O2S. The van der Waals surface area contributed by atoms with E-state index in [9.17, 15) is 0 Å². The molecule has 4 heterocycles. The number of para-hydroxylation sites is 4. The number of rotatable bonds is 6. The van der Waals surface area contributed by atoms with Gasteiger partial charge in [0.1, 0.15) is 16.7 Å². The molecule has 276 valence electrons. The van der Waals surface area contributed by atoms with Crippen molar-refractivity contribution in [2.24, 2.45) is 0 Å². The predicted molar refractivity (Wildman–Crippen MR) is 240 cm³/mol. The van der Waals surface area contributed by atoms with Gasteiger partial charge >= 0.3 is 0 Å². The van der Waals surface area contributed by atoms with E-state index in [1.54, 1.807) is 0 Å². The van der Waals surface area contributed by atoms with Gasteiger partial charge in [-0.05, 0) is 70.8 Å². The van der Waals surface area contributed by atoms with Crippen LogP contribution in [0.4, 0.5) is 0 Å². The highest BCUT2D eigenvalue weighted by atomic mass is 32.1. The van der Waals surface area contributed by atoms with Crippen LogP contribution in [0.15, 0.2) is 191 Å². The van der Waals surface area contributed by atoms with Crippen LogP contribution in [0, 0.1) is 0 Å². The summed E-state index contributed by atoms with van der Waals surface area (Å²) < 4.78 is 14.9. The first-order valence-electron chi connectivity index (χ1n) is 19.4. The van der Waals surface area contributed by atoms with Gasteiger partial charge in [0, 0.05) is 47.6 Å². The number of oxazole rings is 1. The minimum absolute atomic E-state index is 0.566. The molecule has 0 radical (unpaired) electrons. The van der Waals surface area contributed by atoms with Gasteiger partial charge in [-0.15, -0.1) is 11.3 Å². The highest BCUT2D eigenvalue weighted by molar-refractivity contribution is 7.26. The fourth-order valence-corrected chi connectivity index (χ4v) is 9.29. The number of hydrogen-bond donors (Lipinski definition) is 0. The van der Waals surface area contributed by atoms with Crippen molar-refractivity contribution in [3.63, 3.8) is 0 Å². The maximum absolute atomic E-state index is 6.40. The second-order valence-corrected chi connectivity index (χ2v) is 15.6. The van der Waals surface area contributed by atoms with E-state index >= 15 is 0 Å². The molecule has 4 aromatic heterocycles. The van der Waals surface area contributed by atoms with Crippen LogP contribution >= 0.6 is 11.3 Å². The van der Waals surface area contributed by atoms with E-state index in [0.29, 0.717) is 23.4 Å². The molecule has 0 unspecified atom stereocenters. The quantitative estimate of drug-likeness (QED) is 0.167. The SMILES string of the molecule is c1ccc(-c2nc(-c3ccc(-c4cccc5c4sc4ccc(-c6ccc(-c7nc8ccccc8o7)cc6)cc45)cc3)nc(-c3cccc4c3oc3ccccc34)n2)cc1. The molecule has 59 heavy (non-hydrogen) atoms. The molecule has 7 heteroatoms. The predicted octanol–water partition coefficient (Wildman–Crippen LogP) is 14.3. The van der Waals surface area contributed by atoms with Gasteiger partial charge in [-0.2, -0.15) is 0 Å². The minimum Gasteiger partial charge on any atom is -0.455 e. The molecule has 0 fully saturated rings. The maximum atomic E-state index is 6.40. The van der Waals surface area contributed by atoms with Crippen molar-refractivity contribution in [1.29, 1.82) is 0 Å². The maximum Gasteiger partial charge on any atom is 0.227 e. The Labute approximate surface area is 341 Å². The zero-order chi connectivity index (χ0) is 38.9. The lowest BCUT2D eigenvalue weighted by atomic mass is 9.99. The Morgan fingerprint density at radius 3 is 1.78 bits per heavy atom. The van der Waals surface area contributed by atoms with Crippen LogP contribution in [0.3, 0.4) is 0 Å². The molecule has 0 aliphatic rings. The smallest absolute Gasteiger partial charge is 0.227 e. The van der Waals surface area contributed by atoms with Gasteiger partial charge < -0.3 is 8.83 Å². The number of aromatic nitrogens is 4. The summed E-state index contributed by atoms with van der Waals surface area (Å²) in [7, 11) is 0. The van der Waals surface area contributed by atoms with Crippen LogP contribution in [-0.4, -0.2) is 19.9 Å². The summed E-state index contributed by atoms with van der Waals surface area (Å²) in [6.07, 6.45) is 0. The second-order valence-electron chi connectivity index (χ2n) is 14.6. The fourth-order valence-electron chi connectivity index (χ4n) is 8.07. The van der Waals surface area contributed by atoms with Crippen LogP contribution in [0.5, 0.6) is 0 Å². The molecule has 0 aliphatic heterocycles. The number of hydrogen-bond acceptors (Lipinski definition) is 7. The van der Waals surface area contributed by atoms with Crippen LogP contribution in [-0.2, 0) is 0 Å². The largest absolute Gasteiger partial charge is 0.455 e. The molecule has 0 atom stereocenters. The third-order valence-corrected chi connectivity index (χ3v) is 12.2. The molecule has 8 aromatic carbocycles. The molecule has 0 spiro atoms. The second kappa shape index (κ2) is 13.4. The monoisotopic (exact) mass is 774 g/mol. The van der Waals surface area contributed by atoms with Crippen LogP contribution in [0.2, 0.25) is 0 Å². The Kier molecular flexibility index (Phi) is 7.61. The zero-order valence-electron chi connectivity index (χ0n) is 31.3. The first-order valence-corrected chi connectivity index (χ1v) is 20.3. The van der Waals surface area contributed by atoms with Gasteiger partial charge in [0.2, 0.25) is 5.89 Å². The Hall–Kier alpha value is -7.74. The average Bonchev–Trinajstić information content (AvgIpc) is 4.03. The summed E-state index contributed by atoms with van der Waals surface area (Å²) in [5, 5.41) is 4.58. The van der Waals surface area contributed by atoms with Gasteiger partial charge in [0.05, 0.1) is 5.56 Å². The van der Waals surface area contributed by atoms with Gasteiger partial charge in [-0.25, -0.2) is 19.9 Å². The van der Waals surface area contributed by atoms with Crippen LogP contribution in [0.1, 0.15) is 0 Å². The average molecular weight is 775 g/mol. The first-order chi connectivity index (χ1) is 29.2. The summed E-state index contributed by atoms with van der Waals surface area (Å²) in [5.74, 6) is 2.40. The number of benzene rings is 8. The first kappa shape index (κ1) is 33.4. The molecule has 0 N–H and O–H groups in total. The number of fused-ring (bicyclic) bond motifs is 7. The molecule has 0 amide bonds. The van der Waals surface area contributed by atoms with Crippen molar-refractivity contribution in [3.8, 4) is 67.9 Å². The normalized spacial score (nSPS) is 11.7. The third kappa shape index (κ3) is 5.70. The molecule has 0 aliphatic carbocycles. The standard InChI is InChI=1S/C52H30N4O2S/c1-2-10-33(11-3-1)49-54-50(56-51(55-49)41-16-9-14-39-38-12-4-6-18-44(38)57-47(39)41)34-24-22-32(23-25-34)37-13-8-15-40-42-30-36(28-29-46(42)59-48(37)40)31-20-26-35(27-21-31)52-53-43-17-5-7-19-45(43)58-52/h1-30H. The topological polar surface area (TPSA) is 77.8 Å². The highest BCUT2D eigenvalue weighted by Gasteiger charge is 2.18. The molecule has 0 saturated heterocycles. The van der Waals surface area contributed by atoms with E-state index in [1.165, 1.54) is 31.3 Å². The van der Waals surface area contributed by atoms with Gasteiger partial charge in [0.25, 0.3) is 0 Å². The van der Waals surface area contributed by atoms with Crippen molar-refractivity contribution >= 4 is 64.5 Å². The lowest BCUT2D eigenvalue weighted by Crippen LogP contribution is -2.00. The zero-order valence-corrected chi connectivity index (χ0v) is 32.2. The van der Waals surface area contributed by atoms with Crippen LogP contribution < -0.4 is 0 Å². The van der Waals surface area contributed by atoms with E-state index < -0.39 is 0 Å². The molecule has 12 rings (SSSR count). The lowest BCUT2D eigenvalue weighted by Gasteiger charge is -2.10. The van der Waals surface area contributed by atoms with Crippen molar-refractivity contribution < 1.29 is 8.83 Å². The molecule has 6 nitrogen and oxygen atoms in total. The Morgan fingerprint density at radius 1 is 0.356 bits per heavy atom. The number of nitrogens with zero attached hydrogens (tertiary/aromatic N) is 4. The number of thiophene rings is 1. The molecule has 12 aromatic rings. The highest BCUT2D eigenvalue weighted by Crippen LogP contribution is 2.42. The molecule has 0 bridgehead atoms. The fraction of sp³-hybridized carbons (Fsp3) is 0. The lowest BCUT2D eigenvalue weighted by molar-refractivity contribution is 0.620. The Morgan fingerprint density at radius 2 is 0.966 bits per heavy atom. The Bertz CT molecular complexity index is 3520.